The van der Waals surface area contributed by atoms with Gasteiger partial charge in [-0.25, -0.2) is 15.0 Å². The van der Waals surface area contributed by atoms with E-state index in [0.717, 1.165) is 83.7 Å². The molecule has 10 aromatic rings. The zero-order chi connectivity index (χ0) is 40.1. The average molecular weight is 768 g/mol. The van der Waals surface area contributed by atoms with Crippen molar-refractivity contribution in [3.8, 4) is 101 Å². The number of nitrogens with zero attached hydrogens (tertiary/aromatic N) is 5. The molecular weight excluding hydrogens is 731 g/mol. The molecule has 7 aromatic carbocycles. The number of pyridine rings is 2. The third-order valence-corrected chi connectivity index (χ3v) is 10.6. The quantitative estimate of drug-likeness (QED) is 0.146. The van der Waals surface area contributed by atoms with Crippen molar-refractivity contribution in [1.82, 2.24) is 24.9 Å². The van der Waals surface area contributed by atoms with E-state index < -0.39 is 0 Å². The third kappa shape index (κ3) is 7.76. The Labute approximate surface area is 349 Å². The first kappa shape index (κ1) is 36.2. The van der Waals surface area contributed by atoms with E-state index in [-0.39, 0.29) is 0 Å². The fourth-order valence-electron chi connectivity index (χ4n) is 7.47. The molecule has 5 heteroatoms. The summed E-state index contributed by atoms with van der Waals surface area (Å²) in [7, 11) is 0. The highest BCUT2D eigenvalue weighted by Gasteiger charge is 2.15. The normalized spacial score (nSPS) is 11.0. The Morgan fingerprint density at radius 1 is 0.200 bits per heavy atom. The lowest BCUT2D eigenvalue weighted by Gasteiger charge is -2.11. The average Bonchev–Trinajstić information content (AvgIpc) is 3.35. The summed E-state index contributed by atoms with van der Waals surface area (Å²) >= 11 is 0. The van der Waals surface area contributed by atoms with Gasteiger partial charge in [-0.15, -0.1) is 0 Å². The van der Waals surface area contributed by atoms with Gasteiger partial charge in [-0.3, -0.25) is 9.97 Å². The maximum Gasteiger partial charge on any atom is 0.164 e. The number of aromatic nitrogens is 5. The van der Waals surface area contributed by atoms with Crippen LogP contribution in [0.4, 0.5) is 0 Å². The highest BCUT2D eigenvalue weighted by Crippen LogP contribution is 2.33. The fraction of sp³-hybridized carbons (Fsp3) is 0. The molecule has 0 radical (unpaired) electrons. The van der Waals surface area contributed by atoms with Crippen molar-refractivity contribution in [3.63, 3.8) is 0 Å². The summed E-state index contributed by atoms with van der Waals surface area (Å²) in [5.41, 5.74) is 15.4. The lowest BCUT2D eigenvalue weighted by molar-refractivity contribution is 1.07. The molecule has 0 amide bonds. The van der Waals surface area contributed by atoms with Gasteiger partial charge in [-0.1, -0.05) is 176 Å². The molecule has 0 aliphatic heterocycles. The molecule has 0 unspecified atom stereocenters. The summed E-state index contributed by atoms with van der Waals surface area (Å²) in [5, 5.41) is 0. The van der Waals surface area contributed by atoms with Crippen molar-refractivity contribution < 1.29 is 0 Å². The van der Waals surface area contributed by atoms with Crippen LogP contribution in [0.5, 0.6) is 0 Å². The lowest BCUT2D eigenvalue weighted by atomic mass is 9.98. The van der Waals surface area contributed by atoms with Crippen molar-refractivity contribution in [2.24, 2.45) is 0 Å². The van der Waals surface area contributed by atoms with Crippen LogP contribution >= 0.6 is 0 Å². The second kappa shape index (κ2) is 16.4. The molecule has 0 aliphatic carbocycles. The van der Waals surface area contributed by atoms with Crippen LogP contribution in [0.25, 0.3) is 101 Å². The molecule has 0 saturated heterocycles. The summed E-state index contributed by atoms with van der Waals surface area (Å²) in [5.74, 6) is 1.82. The first-order chi connectivity index (χ1) is 29.7. The maximum absolute atomic E-state index is 5.12. The summed E-state index contributed by atoms with van der Waals surface area (Å²) < 4.78 is 0. The highest BCUT2D eigenvalue weighted by molar-refractivity contribution is 5.78. The fourth-order valence-corrected chi connectivity index (χ4v) is 7.47. The minimum Gasteiger partial charge on any atom is -0.256 e. The predicted molar refractivity (Wildman–Crippen MR) is 244 cm³/mol. The van der Waals surface area contributed by atoms with Gasteiger partial charge in [0.2, 0.25) is 0 Å². The van der Waals surface area contributed by atoms with Gasteiger partial charge in [0, 0.05) is 51.3 Å². The molecule has 0 spiro atoms. The minimum absolute atomic E-state index is 0.604. The standard InChI is InChI=1S/C55H37N5/c1-4-14-38(15-5-1)49-28-30-51(56-36-49)45-24-10-20-41(32-45)43-22-12-26-47(34-43)54-58-53(40-18-8-3-9-19-40)59-55(60-54)48-27-13-23-44(35-48)42-21-11-25-46(33-42)52-31-29-50(37-57-52)39-16-6-2-7-17-39/h1-37H. The first-order valence-corrected chi connectivity index (χ1v) is 20.0. The van der Waals surface area contributed by atoms with Crippen LogP contribution in [0.2, 0.25) is 0 Å². The molecule has 282 valence electrons. The van der Waals surface area contributed by atoms with Crippen LogP contribution < -0.4 is 0 Å². The van der Waals surface area contributed by atoms with E-state index in [1.807, 2.05) is 79.1 Å². The summed E-state index contributed by atoms with van der Waals surface area (Å²) in [6.07, 6.45) is 3.88. The summed E-state index contributed by atoms with van der Waals surface area (Å²) in [4.78, 5) is 24.9. The van der Waals surface area contributed by atoms with Gasteiger partial charge in [0.05, 0.1) is 11.4 Å². The van der Waals surface area contributed by atoms with Crippen molar-refractivity contribution in [3.05, 3.63) is 225 Å². The molecular formula is C55H37N5. The van der Waals surface area contributed by atoms with Crippen molar-refractivity contribution >= 4 is 0 Å². The molecule has 0 aliphatic rings. The minimum atomic E-state index is 0.604. The van der Waals surface area contributed by atoms with Gasteiger partial charge in [-0.05, 0) is 69.8 Å². The van der Waals surface area contributed by atoms with E-state index in [4.69, 9.17) is 24.9 Å². The number of hydrogen-bond acceptors (Lipinski definition) is 5. The molecule has 0 atom stereocenters. The Hall–Kier alpha value is -8.15. The Kier molecular flexibility index (Phi) is 9.88. The molecule has 0 saturated carbocycles. The van der Waals surface area contributed by atoms with Gasteiger partial charge in [0.25, 0.3) is 0 Å². The molecule has 5 nitrogen and oxygen atoms in total. The van der Waals surface area contributed by atoms with Crippen molar-refractivity contribution in [2.45, 2.75) is 0 Å². The van der Waals surface area contributed by atoms with E-state index in [2.05, 4.69) is 146 Å². The van der Waals surface area contributed by atoms with Crippen LogP contribution in [0.1, 0.15) is 0 Å². The van der Waals surface area contributed by atoms with E-state index >= 15 is 0 Å². The van der Waals surface area contributed by atoms with Crippen LogP contribution in [0.3, 0.4) is 0 Å². The first-order valence-electron chi connectivity index (χ1n) is 20.0. The number of rotatable bonds is 9. The molecule has 0 fully saturated rings. The van der Waals surface area contributed by atoms with Crippen LogP contribution in [-0.2, 0) is 0 Å². The maximum atomic E-state index is 5.12. The Morgan fingerprint density at radius 3 is 0.867 bits per heavy atom. The monoisotopic (exact) mass is 767 g/mol. The van der Waals surface area contributed by atoms with E-state index in [9.17, 15) is 0 Å². The second-order valence-corrected chi connectivity index (χ2v) is 14.6. The SMILES string of the molecule is c1ccc(-c2ccc(-c3cccc(-c4cccc(-c5nc(-c6ccccc6)nc(-c6cccc(-c7cccc(-c8ccc(-c9ccccc9)cn8)c7)c6)n5)c4)c3)nc2)cc1. The van der Waals surface area contributed by atoms with Crippen molar-refractivity contribution in [1.29, 1.82) is 0 Å². The van der Waals surface area contributed by atoms with Gasteiger partial charge in [0.1, 0.15) is 0 Å². The number of benzene rings is 7. The van der Waals surface area contributed by atoms with E-state index in [0.29, 0.717) is 17.5 Å². The largest absolute Gasteiger partial charge is 0.256 e. The van der Waals surface area contributed by atoms with Gasteiger partial charge >= 0.3 is 0 Å². The Bertz CT molecular complexity index is 2870. The van der Waals surface area contributed by atoms with Gasteiger partial charge in [-0.2, -0.15) is 0 Å². The topological polar surface area (TPSA) is 64.5 Å². The number of hydrogen-bond donors (Lipinski definition) is 0. The zero-order valence-corrected chi connectivity index (χ0v) is 32.6. The Balaban J connectivity index is 0.973. The van der Waals surface area contributed by atoms with Crippen LogP contribution in [0, 0.1) is 0 Å². The molecule has 3 aromatic heterocycles. The van der Waals surface area contributed by atoms with E-state index in [1.165, 1.54) is 0 Å². The highest BCUT2D eigenvalue weighted by atomic mass is 15.0. The molecule has 60 heavy (non-hydrogen) atoms. The molecule has 10 rings (SSSR count). The third-order valence-electron chi connectivity index (χ3n) is 10.6. The summed E-state index contributed by atoms with van der Waals surface area (Å²) in [6.45, 7) is 0. The summed E-state index contributed by atoms with van der Waals surface area (Å²) in [6, 6.07) is 73.0. The lowest BCUT2D eigenvalue weighted by Crippen LogP contribution is -2.00. The zero-order valence-electron chi connectivity index (χ0n) is 32.6. The Morgan fingerprint density at radius 2 is 0.500 bits per heavy atom. The van der Waals surface area contributed by atoms with Gasteiger partial charge in [0.15, 0.2) is 17.5 Å². The van der Waals surface area contributed by atoms with E-state index in [1.54, 1.807) is 0 Å². The van der Waals surface area contributed by atoms with Crippen LogP contribution in [-0.4, -0.2) is 24.9 Å². The smallest absolute Gasteiger partial charge is 0.164 e. The van der Waals surface area contributed by atoms with Gasteiger partial charge < -0.3 is 0 Å². The molecule has 0 N–H and O–H groups in total. The predicted octanol–water partition coefficient (Wildman–Crippen LogP) is 13.7. The molecule has 3 heterocycles. The second-order valence-electron chi connectivity index (χ2n) is 14.6. The molecule has 0 bridgehead atoms. The van der Waals surface area contributed by atoms with Crippen LogP contribution in [0.15, 0.2) is 225 Å². The van der Waals surface area contributed by atoms with Crippen molar-refractivity contribution in [2.75, 3.05) is 0 Å².